The first-order valence-electron chi connectivity index (χ1n) is 10.3. The van der Waals surface area contributed by atoms with E-state index in [0.29, 0.717) is 23.9 Å². The number of aromatic nitrogens is 5. The Morgan fingerprint density at radius 1 is 1.00 bits per heavy atom. The molecule has 3 heterocycles. The SMILES string of the molecule is CCNC(=O)c1cc2ccc(-c3nccc(Nc4ccc(-c5cn[nH]c5)cc4)n3)cc2[nH]1. The second-order valence-electron chi connectivity index (χ2n) is 7.30. The van der Waals surface area contributed by atoms with E-state index < -0.39 is 0 Å². The van der Waals surface area contributed by atoms with Gasteiger partial charge in [0.05, 0.1) is 6.20 Å². The van der Waals surface area contributed by atoms with Crippen molar-refractivity contribution in [2.75, 3.05) is 11.9 Å². The van der Waals surface area contributed by atoms with Crippen molar-refractivity contribution in [3.05, 3.63) is 78.9 Å². The lowest BCUT2D eigenvalue weighted by Gasteiger charge is -2.08. The molecule has 5 aromatic rings. The summed E-state index contributed by atoms with van der Waals surface area (Å²) in [5, 5.41) is 13.9. The summed E-state index contributed by atoms with van der Waals surface area (Å²) in [4.78, 5) is 24.3. The van der Waals surface area contributed by atoms with Crippen LogP contribution in [-0.4, -0.2) is 37.6 Å². The van der Waals surface area contributed by atoms with Crippen LogP contribution >= 0.6 is 0 Å². The number of nitrogens with one attached hydrogen (secondary N) is 4. The van der Waals surface area contributed by atoms with Crippen LogP contribution in [0.5, 0.6) is 0 Å². The van der Waals surface area contributed by atoms with E-state index in [0.717, 1.165) is 33.3 Å². The van der Waals surface area contributed by atoms with E-state index in [4.69, 9.17) is 0 Å². The Morgan fingerprint density at radius 2 is 1.84 bits per heavy atom. The van der Waals surface area contributed by atoms with Crippen molar-refractivity contribution < 1.29 is 4.79 Å². The minimum Gasteiger partial charge on any atom is -0.351 e. The van der Waals surface area contributed by atoms with Crippen LogP contribution < -0.4 is 10.6 Å². The monoisotopic (exact) mass is 423 g/mol. The maximum atomic E-state index is 12.1. The number of H-pyrrole nitrogens is 2. The molecular formula is C24H21N7O. The summed E-state index contributed by atoms with van der Waals surface area (Å²) in [6, 6.07) is 17.6. The third kappa shape index (κ3) is 3.93. The van der Waals surface area contributed by atoms with Crippen molar-refractivity contribution in [3.63, 3.8) is 0 Å². The van der Waals surface area contributed by atoms with Gasteiger partial charge >= 0.3 is 0 Å². The van der Waals surface area contributed by atoms with Crippen molar-refractivity contribution in [2.24, 2.45) is 0 Å². The van der Waals surface area contributed by atoms with Crippen molar-refractivity contribution in [1.29, 1.82) is 0 Å². The molecule has 0 bridgehead atoms. The summed E-state index contributed by atoms with van der Waals surface area (Å²) >= 11 is 0. The Kier molecular flexibility index (Phi) is 5.09. The van der Waals surface area contributed by atoms with Gasteiger partial charge in [0.1, 0.15) is 11.5 Å². The van der Waals surface area contributed by atoms with Gasteiger partial charge in [0.15, 0.2) is 5.82 Å². The first-order valence-corrected chi connectivity index (χ1v) is 10.3. The maximum absolute atomic E-state index is 12.1. The molecule has 0 spiro atoms. The van der Waals surface area contributed by atoms with E-state index in [1.54, 1.807) is 12.4 Å². The van der Waals surface area contributed by atoms with Gasteiger partial charge in [-0.25, -0.2) is 9.97 Å². The topological polar surface area (TPSA) is 111 Å². The molecule has 5 rings (SSSR count). The number of benzene rings is 2. The second kappa shape index (κ2) is 8.35. The molecule has 2 aromatic carbocycles. The fourth-order valence-corrected chi connectivity index (χ4v) is 3.51. The zero-order valence-corrected chi connectivity index (χ0v) is 17.4. The molecule has 0 radical (unpaired) electrons. The van der Waals surface area contributed by atoms with Gasteiger partial charge in [-0.1, -0.05) is 24.3 Å². The third-order valence-electron chi connectivity index (χ3n) is 5.11. The van der Waals surface area contributed by atoms with Gasteiger partial charge in [-0.2, -0.15) is 5.10 Å². The summed E-state index contributed by atoms with van der Waals surface area (Å²) < 4.78 is 0. The number of nitrogens with zero attached hydrogens (tertiary/aromatic N) is 3. The van der Waals surface area contributed by atoms with Crippen molar-refractivity contribution >= 4 is 28.3 Å². The highest BCUT2D eigenvalue weighted by atomic mass is 16.1. The third-order valence-corrected chi connectivity index (χ3v) is 5.11. The zero-order valence-electron chi connectivity index (χ0n) is 17.4. The van der Waals surface area contributed by atoms with E-state index in [9.17, 15) is 4.79 Å². The first kappa shape index (κ1) is 19.5. The van der Waals surface area contributed by atoms with Crippen LogP contribution in [0.1, 0.15) is 17.4 Å². The van der Waals surface area contributed by atoms with E-state index in [1.165, 1.54) is 0 Å². The molecule has 1 amide bonds. The predicted molar refractivity (Wildman–Crippen MR) is 125 cm³/mol. The molecule has 0 saturated carbocycles. The molecule has 0 unspecified atom stereocenters. The number of rotatable bonds is 6. The highest BCUT2D eigenvalue weighted by Gasteiger charge is 2.10. The average Bonchev–Trinajstić information content (AvgIpc) is 3.50. The number of carbonyl (C=O) groups is 1. The number of carbonyl (C=O) groups excluding carboxylic acids is 1. The Labute approximate surface area is 184 Å². The number of hydrogen-bond acceptors (Lipinski definition) is 5. The molecule has 0 atom stereocenters. The molecule has 8 nitrogen and oxygen atoms in total. The quantitative estimate of drug-likeness (QED) is 0.321. The lowest BCUT2D eigenvalue weighted by Crippen LogP contribution is -2.22. The van der Waals surface area contributed by atoms with Gasteiger partial charge in [-0.15, -0.1) is 0 Å². The standard InChI is InChI=1S/C24H21N7O/c1-2-25-24(32)21-11-16-3-4-17(12-20(16)30-21)23-26-10-9-22(31-23)29-19-7-5-15(6-8-19)18-13-27-28-14-18/h3-14,30H,2H2,1H3,(H,25,32)(H,27,28)(H,26,29,31). The van der Waals surface area contributed by atoms with Crippen LogP contribution in [0.2, 0.25) is 0 Å². The smallest absolute Gasteiger partial charge is 0.267 e. The van der Waals surface area contributed by atoms with Gasteiger partial charge in [0.25, 0.3) is 5.91 Å². The summed E-state index contributed by atoms with van der Waals surface area (Å²) in [5.74, 6) is 1.17. The molecule has 32 heavy (non-hydrogen) atoms. The lowest BCUT2D eigenvalue weighted by molar-refractivity contribution is 0.0951. The minimum absolute atomic E-state index is 0.119. The minimum atomic E-state index is -0.119. The summed E-state index contributed by atoms with van der Waals surface area (Å²) in [6.45, 7) is 2.48. The average molecular weight is 423 g/mol. The van der Waals surface area contributed by atoms with E-state index in [1.807, 2.05) is 67.7 Å². The van der Waals surface area contributed by atoms with Crippen molar-refractivity contribution in [3.8, 4) is 22.5 Å². The molecule has 8 heteroatoms. The van der Waals surface area contributed by atoms with Crippen LogP contribution in [0.15, 0.2) is 73.2 Å². The van der Waals surface area contributed by atoms with Gasteiger partial charge in [-0.05, 0) is 42.8 Å². The van der Waals surface area contributed by atoms with E-state index >= 15 is 0 Å². The Balaban J connectivity index is 1.37. The lowest BCUT2D eigenvalue weighted by atomic mass is 10.1. The van der Waals surface area contributed by atoms with Crippen molar-refractivity contribution in [2.45, 2.75) is 6.92 Å². The predicted octanol–water partition coefficient (Wildman–Crippen LogP) is 4.51. The largest absolute Gasteiger partial charge is 0.351 e. The van der Waals surface area contributed by atoms with Crippen molar-refractivity contribution in [1.82, 2.24) is 30.5 Å². The zero-order chi connectivity index (χ0) is 21.9. The molecule has 158 valence electrons. The number of amides is 1. The molecule has 3 aromatic heterocycles. The Hall–Kier alpha value is -4.46. The normalized spacial score (nSPS) is 10.9. The Bertz CT molecular complexity index is 1370. The second-order valence-corrected chi connectivity index (χ2v) is 7.30. The molecule has 0 fully saturated rings. The van der Waals surface area contributed by atoms with Gasteiger partial charge in [0, 0.05) is 46.7 Å². The first-order chi connectivity index (χ1) is 15.7. The van der Waals surface area contributed by atoms with Crippen LogP contribution in [0.25, 0.3) is 33.4 Å². The summed E-state index contributed by atoms with van der Waals surface area (Å²) in [5.41, 5.74) is 5.30. The molecule has 4 N–H and O–H groups in total. The number of aromatic amines is 2. The number of anilines is 2. The highest BCUT2D eigenvalue weighted by molar-refractivity contribution is 5.98. The van der Waals surface area contributed by atoms with Crippen LogP contribution in [-0.2, 0) is 0 Å². The fourth-order valence-electron chi connectivity index (χ4n) is 3.51. The van der Waals surface area contributed by atoms with E-state index in [2.05, 4.69) is 35.8 Å². The molecular weight excluding hydrogens is 402 g/mol. The van der Waals surface area contributed by atoms with Gasteiger partial charge in [-0.3, -0.25) is 9.89 Å². The van der Waals surface area contributed by atoms with Crippen LogP contribution in [0.4, 0.5) is 11.5 Å². The number of hydrogen-bond donors (Lipinski definition) is 4. The van der Waals surface area contributed by atoms with Crippen LogP contribution in [0.3, 0.4) is 0 Å². The highest BCUT2D eigenvalue weighted by Crippen LogP contribution is 2.25. The maximum Gasteiger partial charge on any atom is 0.267 e. The molecule has 0 aliphatic rings. The summed E-state index contributed by atoms with van der Waals surface area (Å²) in [7, 11) is 0. The number of fused-ring (bicyclic) bond motifs is 1. The van der Waals surface area contributed by atoms with Gasteiger partial charge < -0.3 is 15.6 Å². The van der Waals surface area contributed by atoms with E-state index in [-0.39, 0.29) is 5.91 Å². The van der Waals surface area contributed by atoms with Crippen LogP contribution in [0, 0.1) is 0 Å². The van der Waals surface area contributed by atoms with Gasteiger partial charge in [0.2, 0.25) is 0 Å². The molecule has 0 saturated heterocycles. The fraction of sp³-hybridized carbons (Fsp3) is 0.0833. The Morgan fingerprint density at radius 3 is 2.62 bits per heavy atom. The summed E-state index contributed by atoms with van der Waals surface area (Å²) in [6.07, 6.45) is 5.38. The molecule has 0 aliphatic carbocycles. The molecule has 0 aliphatic heterocycles.